The number of azo groups is 1. The third-order valence-electron chi connectivity index (χ3n) is 4.73. The van der Waals surface area contributed by atoms with E-state index in [1.54, 1.807) is 12.1 Å². The maximum Gasteiger partial charge on any atom is 0.258 e. The number of ketones is 1. The summed E-state index contributed by atoms with van der Waals surface area (Å²) >= 11 is 13.1. The topological polar surface area (TPSA) is 182 Å². The van der Waals surface area contributed by atoms with E-state index in [0.717, 1.165) is 12.0 Å². The van der Waals surface area contributed by atoms with Gasteiger partial charge in [0.1, 0.15) is 5.69 Å². The van der Waals surface area contributed by atoms with Crippen LogP contribution in [0.4, 0.5) is 17.1 Å². The number of amides is 1. The number of nitrogens with two attached hydrogens (primary N) is 1. The molecule has 0 aliphatic rings. The van der Waals surface area contributed by atoms with Crippen molar-refractivity contribution in [2.24, 2.45) is 16.1 Å². The molecule has 5 N–H and O–H groups in total. The molecule has 0 radical (unpaired) electrons. The van der Waals surface area contributed by atoms with E-state index in [9.17, 15) is 9.59 Å². The lowest BCUT2D eigenvalue weighted by atomic mass is 10.2. The summed E-state index contributed by atoms with van der Waals surface area (Å²) in [6.45, 7) is 1.14. The molecule has 16 heteroatoms. The molecule has 0 bridgehead atoms. The maximum absolute atomic E-state index is 12.8. The van der Waals surface area contributed by atoms with E-state index in [4.69, 9.17) is 53.6 Å². The lowest BCUT2D eigenvalue weighted by Gasteiger charge is -2.12. The van der Waals surface area contributed by atoms with Crippen LogP contribution in [0.25, 0.3) is 5.53 Å². The smallest absolute Gasteiger partial charge is 0.258 e. The summed E-state index contributed by atoms with van der Waals surface area (Å²) in [5.41, 5.74) is 12.9. The molecule has 3 aromatic carbocycles. The highest BCUT2D eigenvalue weighted by atomic mass is 35.5. The molecule has 13 nitrogen and oxygen atoms in total. The third kappa shape index (κ3) is 8.97. The molecule has 1 amide bonds. The van der Waals surface area contributed by atoms with Gasteiger partial charge in [-0.3, -0.25) is 14.4 Å². The summed E-state index contributed by atoms with van der Waals surface area (Å²) in [6.07, 6.45) is 0. The van der Waals surface area contributed by atoms with Crippen molar-refractivity contribution in [2.45, 2.75) is 24.5 Å². The maximum atomic E-state index is 12.8. The lowest BCUT2D eigenvalue weighted by molar-refractivity contribution is -0.722. The average Bonchev–Trinajstić information content (AvgIpc) is 2.91. The Morgan fingerprint density at radius 2 is 1.87 bits per heavy atom. The Morgan fingerprint density at radius 3 is 2.56 bits per heavy atom. The molecule has 3 rings (SSSR count). The third-order valence-corrected chi connectivity index (χ3v) is 6.04. The van der Waals surface area contributed by atoms with E-state index in [1.165, 1.54) is 42.5 Å². The van der Waals surface area contributed by atoms with Gasteiger partial charge in [0.05, 0.1) is 34.4 Å². The fraction of sp³-hybridized carbons (Fsp3) is 0.130. The van der Waals surface area contributed by atoms with Gasteiger partial charge in [0.25, 0.3) is 5.91 Å². The van der Waals surface area contributed by atoms with Crippen molar-refractivity contribution < 1.29 is 33.9 Å². The largest absolute Gasteiger partial charge is 0.452 e. The van der Waals surface area contributed by atoms with Crippen LogP contribution in [-0.4, -0.2) is 17.7 Å². The van der Waals surface area contributed by atoms with Crippen molar-refractivity contribution in [3.8, 4) is 5.75 Å². The zero-order chi connectivity index (χ0) is 28.2. The van der Waals surface area contributed by atoms with Gasteiger partial charge >= 0.3 is 0 Å². The first-order chi connectivity index (χ1) is 18.8. The van der Waals surface area contributed by atoms with Crippen LogP contribution in [0.5, 0.6) is 5.75 Å². The van der Waals surface area contributed by atoms with Crippen molar-refractivity contribution in [1.29, 1.82) is 0 Å². The Hall–Kier alpha value is -3.63. The molecular weight excluding hydrogens is 573 g/mol. The molecular formula is C23H21Cl2N7O6S. The lowest BCUT2D eigenvalue weighted by Crippen LogP contribution is -2.66. The zero-order valence-corrected chi connectivity index (χ0v) is 22.4. The Morgan fingerprint density at radius 1 is 1.10 bits per heavy atom. The fourth-order valence-corrected chi connectivity index (χ4v) is 3.88. The van der Waals surface area contributed by atoms with Crippen LogP contribution in [-0.2, 0) is 30.4 Å². The van der Waals surface area contributed by atoms with E-state index in [1.807, 2.05) is 18.2 Å². The number of carbonyl (C=O) groups is 2. The molecule has 0 heterocycles. The van der Waals surface area contributed by atoms with Gasteiger partial charge in [-0.05, 0) is 48.9 Å². The van der Waals surface area contributed by atoms with Crippen molar-refractivity contribution in [3.05, 3.63) is 81.8 Å². The van der Waals surface area contributed by atoms with Gasteiger partial charge in [-0.2, -0.15) is 10.2 Å². The molecule has 204 valence electrons. The van der Waals surface area contributed by atoms with E-state index in [2.05, 4.69) is 21.0 Å². The van der Waals surface area contributed by atoms with Gasteiger partial charge in [-0.25, -0.2) is 16.2 Å². The second-order valence-corrected chi connectivity index (χ2v) is 9.04. The summed E-state index contributed by atoms with van der Waals surface area (Å²) < 4.78 is 5.12. The summed E-state index contributed by atoms with van der Waals surface area (Å²) in [4.78, 5) is 39.9. The van der Waals surface area contributed by atoms with E-state index in [0.29, 0.717) is 16.1 Å². The van der Waals surface area contributed by atoms with E-state index < -0.39 is 17.7 Å². The summed E-state index contributed by atoms with van der Waals surface area (Å²) in [5.74, 6) is 3.92. The van der Waals surface area contributed by atoms with Gasteiger partial charge in [0.15, 0.2) is 5.78 Å². The number of rotatable bonds is 14. The Labute approximate surface area is 236 Å². The highest BCUT2D eigenvalue weighted by Gasteiger charge is 2.24. The van der Waals surface area contributed by atoms with Crippen LogP contribution >= 0.6 is 35.2 Å². The summed E-state index contributed by atoms with van der Waals surface area (Å²) in [6, 6.07) is 14.8. The summed E-state index contributed by atoms with van der Waals surface area (Å²) in [7, 11) is 0. The minimum Gasteiger partial charge on any atom is -0.452 e. The molecule has 0 aliphatic carbocycles. The second-order valence-electron chi connectivity index (χ2n) is 7.48. The van der Waals surface area contributed by atoms with Crippen molar-refractivity contribution in [3.63, 3.8) is 0 Å². The van der Waals surface area contributed by atoms with E-state index in [-0.39, 0.29) is 33.8 Å². The van der Waals surface area contributed by atoms with Gasteiger partial charge in [-0.15, -0.1) is 14.6 Å². The van der Waals surface area contributed by atoms with Crippen LogP contribution in [0.15, 0.2) is 75.8 Å². The first-order valence-corrected chi connectivity index (χ1v) is 12.3. The fourth-order valence-electron chi connectivity index (χ4n) is 2.93. The predicted molar refractivity (Wildman–Crippen MR) is 143 cm³/mol. The zero-order valence-electron chi connectivity index (χ0n) is 20.1. The molecule has 1 atom stereocenters. The number of halogens is 2. The summed E-state index contributed by atoms with van der Waals surface area (Å²) in [5, 5.41) is 12.2. The minimum atomic E-state index is -1.50. The first-order valence-electron chi connectivity index (χ1n) is 10.9. The number of nitrogens with zero attached hydrogens (tertiary/aromatic N) is 3. The van der Waals surface area contributed by atoms with Gasteiger partial charge in [-0.1, -0.05) is 41.4 Å². The standard InChI is InChI=1S/C23H21Cl2N7O6S/c1-13(33)22(23(34)28-16-7-8-17(24)20(10-16)36-32-26)30-29-19-9-14(12-35-27)21(11-18(19)25)39-38-37-31-15-5-3-2-4-6-15/h2-11,22,31-32H,12,27H2,1H3,(H,28,34). The molecule has 3 aromatic rings. The number of Topliss-reactive ketones (excluding diaryl/α,β-unsaturated/α-hetero) is 1. The molecule has 0 aromatic heterocycles. The molecule has 0 aliphatic heterocycles. The molecule has 39 heavy (non-hydrogen) atoms. The van der Waals surface area contributed by atoms with Crippen LogP contribution in [0.2, 0.25) is 10.0 Å². The number of nitrogens with one attached hydrogen (secondary N) is 3. The SMILES string of the molecule is CC(=O)C(N=Nc1cc(CON)c(SOONc2ccccc2)cc1Cl)C(=O)Nc1ccc(Cl)c(O[NH+]=[N-])c1. The number of anilines is 2. The Bertz CT molecular complexity index is 1350. The first kappa shape index (κ1) is 29.9. The van der Waals surface area contributed by atoms with E-state index >= 15 is 0 Å². The van der Waals surface area contributed by atoms with Crippen LogP contribution in [0.3, 0.4) is 0 Å². The van der Waals surface area contributed by atoms with Crippen molar-refractivity contribution in [2.75, 3.05) is 10.8 Å². The normalized spacial score (nSPS) is 11.7. The molecule has 0 fully saturated rings. The number of para-hydroxylation sites is 1. The van der Waals surface area contributed by atoms with Crippen LogP contribution in [0.1, 0.15) is 12.5 Å². The number of carbonyl (C=O) groups excluding carboxylic acids is 2. The monoisotopic (exact) mass is 593 g/mol. The minimum absolute atomic E-state index is 0.0302. The van der Waals surface area contributed by atoms with Gasteiger partial charge in [0, 0.05) is 16.6 Å². The van der Waals surface area contributed by atoms with Crippen molar-refractivity contribution >= 4 is 64.0 Å². The highest BCUT2D eigenvalue weighted by molar-refractivity contribution is 7.94. The Balaban J connectivity index is 1.72. The number of benzene rings is 3. The molecule has 1 unspecified atom stereocenters. The van der Waals surface area contributed by atoms with Crippen molar-refractivity contribution in [1.82, 2.24) is 0 Å². The molecule has 0 spiro atoms. The predicted octanol–water partition coefficient (Wildman–Crippen LogP) is 4.44. The number of hydrogen-bond donors (Lipinski definition) is 4. The van der Waals surface area contributed by atoms with Gasteiger partial charge in [0.2, 0.25) is 11.8 Å². The quantitative estimate of drug-likeness (QED) is 0.0524. The second kappa shape index (κ2) is 15.1. The Kier molecular flexibility index (Phi) is 11.6. The van der Waals surface area contributed by atoms with Crippen LogP contribution < -0.4 is 26.8 Å². The average molecular weight is 594 g/mol. The van der Waals surface area contributed by atoms with Gasteiger partial charge < -0.3 is 10.8 Å². The molecule has 0 saturated heterocycles. The highest BCUT2D eigenvalue weighted by Crippen LogP contribution is 2.35. The van der Waals surface area contributed by atoms with Crippen LogP contribution in [0, 0.1) is 0 Å². The number of hydrogen-bond acceptors (Lipinski definition) is 11. The molecule has 0 saturated carbocycles.